The van der Waals surface area contributed by atoms with Crippen LogP contribution in [0, 0.1) is 5.39 Å². The van der Waals surface area contributed by atoms with Crippen molar-refractivity contribution in [1.29, 1.82) is 5.39 Å². The molecule has 0 unspecified atom stereocenters. The molecule has 0 atom stereocenters. The van der Waals surface area contributed by atoms with Crippen molar-refractivity contribution in [3.63, 3.8) is 0 Å². The van der Waals surface area contributed by atoms with E-state index in [9.17, 15) is 0 Å². The summed E-state index contributed by atoms with van der Waals surface area (Å²) in [5, 5.41) is 12.6. The Morgan fingerprint density at radius 3 is 2.33 bits per heavy atom. The Hall–Kier alpha value is -2.02. The highest BCUT2D eigenvalue weighted by atomic mass is 14.9. The Bertz CT molecular complexity index is 404. The summed E-state index contributed by atoms with van der Waals surface area (Å²) in [4.78, 5) is 2.87. The summed E-state index contributed by atoms with van der Waals surface area (Å²) in [6.07, 6.45) is 2.64. The molecule has 0 saturated carbocycles. The maximum atomic E-state index is 8.20. The second-order valence-electron chi connectivity index (χ2n) is 2.16. The predicted molar refractivity (Wildman–Crippen MR) is 45.5 cm³/mol. The number of rotatable bonds is 1. The molecule has 0 fully saturated rings. The summed E-state index contributed by atoms with van der Waals surface area (Å²) >= 11 is 0. The molecule has 0 heterocycles. The van der Waals surface area contributed by atoms with Crippen LogP contribution in [0.3, 0.4) is 0 Å². The van der Waals surface area contributed by atoms with Crippen LogP contribution in [0.2, 0.25) is 0 Å². The minimum Gasteiger partial charge on any atom is -0.707 e. The highest BCUT2D eigenvalue weighted by Crippen LogP contribution is 1.74. The van der Waals surface area contributed by atoms with E-state index in [1.54, 1.807) is 24.3 Å². The van der Waals surface area contributed by atoms with Gasteiger partial charge in [0, 0.05) is 6.20 Å². The van der Waals surface area contributed by atoms with Gasteiger partial charge >= 0.3 is 6.20 Å². The monoisotopic (exact) mass is 158 g/mol. The first kappa shape index (κ1) is 8.08. The van der Waals surface area contributed by atoms with E-state index in [4.69, 9.17) is 10.9 Å². The van der Waals surface area contributed by atoms with Crippen LogP contribution in [0.4, 0.5) is 0 Å². The van der Waals surface area contributed by atoms with Gasteiger partial charge in [0.05, 0.1) is 5.22 Å². The lowest BCUT2D eigenvalue weighted by molar-refractivity contribution is 1.47. The molecule has 0 aliphatic rings. The molecule has 58 valence electrons. The van der Waals surface area contributed by atoms with Gasteiger partial charge in [-0.3, -0.25) is 0 Å². The molecule has 0 bridgehead atoms. The van der Waals surface area contributed by atoms with E-state index in [0.717, 1.165) is 10.4 Å². The fourth-order valence-electron chi connectivity index (χ4n) is 0.801. The van der Waals surface area contributed by atoms with E-state index < -0.39 is 0 Å². The predicted octanol–water partition coefficient (Wildman–Crippen LogP) is 1.04. The normalized spacial score (nSPS) is 8.25. The largest absolute Gasteiger partial charge is 0.707 e. The van der Waals surface area contributed by atoms with Crippen LogP contribution in [0.15, 0.2) is 29.4 Å². The number of nitrogens with zero attached hydrogens (tertiary/aromatic N) is 4. The number of hydrogen-bond donors (Lipinski definition) is 0. The Morgan fingerprint density at radius 2 is 1.83 bits per heavy atom. The zero-order valence-corrected chi connectivity index (χ0v) is 6.25. The van der Waals surface area contributed by atoms with Gasteiger partial charge in [0.2, 0.25) is 5.39 Å². The molecular weight excluding hydrogens is 152 g/mol. The molecule has 0 aliphatic carbocycles. The molecule has 0 aliphatic heterocycles. The number of hydrogen-bond acceptors (Lipinski definition) is 2. The molecule has 0 radical (unpaired) electrons. The van der Waals surface area contributed by atoms with Gasteiger partial charge in [-0.15, -0.1) is 0 Å². The van der Waals surface area contributed by atoms with Crippen LogP contribution in [0.1, 0.15) is 0 Å². The topological polar surface area (TPSA) is 62.8 Å². The van der Waals surface area contributed by atoms with Crippen molar-refractivity contribution in [2.75, 3.05) is 0 Å². The molecular formula is C8H6N4. The third-order valence-electron chi connectivity index (χ3n) is 1.35. The van der Waals surface area contributed by atoms with Crippen LogP contribution in [0.25, 0.3) is 22.9 Å². The minimum absolute atomic E-state index is 0.785. The lowest BCUT2D eigenvalue weighted by atomic mass is 10.3. The van der Waals surface area contributed by atoms with Crippen LogP contribution in [-0.4, -0.2) is 0 Å². The summed E-state index contributed by atoms with van der Waals surface area (Å²) in [5.74, 6) is 0. The fraction of sp³-hybridized carbons (Fsp3) is 0. The first-order chi connectivity index (χ1) is 5.86. The summed E-state index contributed by atoms with van der Waals surface area (Å²) in [5.41, 5.74) is 8.20. The van der Waals surface area contributed by atoms with Crippen LogP contribution in [-0.2, 0) is 0 Å². The van der Waals surface area contributed by atoms with Gasteiger partial charge in [-0.05, 0) is 17.4 Å². The van der Waals surface area contributed by atoms with Crippen molar-refractivity contribution in [3.05, 3.63) is 45.2 Å². The average Bonchev–Trinajstić information content (AvgIpc) is 2.09. The van der Waals surface area contributed by atoms with E-state index in [0.29, 0.717) is 0 Å². The zero-order chi connectivity index (χ0) is 8.81. The second kappa shape index (κ2) is 3.98. The van der Waals surface area contributed by atoms with E-state index in [-0.39, 0.29) is 0 Å². The van der Waals surface area contributed by atoms with Crippen LogP contribution >= 0.6 is 0 Å². The van der Waals surface area contributed by atoms with Gasteiger partial charge in [-0.2, -0.15) is 0 Å². The van der Waals surface area contributed by atoms with Crippen molar-refractivity contribution >= 4 is 12.4 Å². The summed E-state index contributed by atoms with van der Waals surface area (Å²) in [7, 11) is 0. The Balaban J connectivity index is 3.20. The van der Waals surface area contributed by atoms with Crippen LogP contribution in [0.5, 0.6) is 0 Å². The van der Waals surface area contributed by atoms with Crippen molar-refractivity contribution < 1.29 is 0 Å². The lowest BCUT2D eigenvalue weighted by Gasteiger charge is -1.83. The van der Waals surface area contributed by atoms with E-state index in [1.165, 1.54) is 12.4 Å². The Kier molecular flexibility index (Phi) is 2.68. The molecule has 0 amide bonds. The van der Waals surface area contributed by atoms with E-state index in [1.807, 2.05) is 0 Å². The SMILES string of the molecule is N#[N+]C=c1ccc(=CN=[N-])cc1. The summed E-state index contributed by atoms with van der Waals surface area (Å²) in [6, 6.07) is 6.99. The van der Waals surface area contributed by atoms with E-state index >= 15 is 0 Å². The average molecular weight is 158 g/mol. The number of benzene rings is 1. The molecule has 1 rings (SSSR count). The molecule has 0 saturated heterocycles. The third-order valence-corrected chi connectivity index (χ3v) is 1.35. The lowest BCUT2D eigenvalue weighted by Crippen LogP contribution is -2.05. The smallest absolute Gasteiger partial charge is 0.357 e. The summed E-state index contributed by atoms with van der Waals surface area (Å²) < 4.78 is 0. The van der Waals surface area contributed by atoms with Crippen molar-refractivity contribution in [1.82, 2.24) is 0 Å². The molecule has 0 N–H and O–H groups in total. The third kappa shape index (κ3) is 1.99. The second-order valence-corrected chi connectivity index (χ2v) is 2.16. The first-order valence-electron chi connectivity index (χ1n) is 3.32. The maximum Gasteiger partial charge on any atom is 0.357 e. The van der Waals surface area contributed by atoms with Gasteiger partial charge < -0.3 is 10.6 Å². The number of diazo groups is 1. The van der Waals surface area contributed by atoms with Gasteiger partial charge in [0.25, 0.3) is 0 Å². The van der Waals surface area contributed by atoms with Crippen LogP contribution < -0.4 is 10.4 Å². The maximum absolute atomic E-state index is 8.20. The Labute approximate surface area is 69.0 Å². The zero-order valence-electron chi connectivity index (χ0n) is 6.25. The Morgan fingerprint density at radius 1 is 1.25 bits per heavy atom. The van der Waals surface area contributed by atoms with E-state index in [2.05, 4.69) is 10.1 Å². The molecule has 0 aromatic heterocycles. The van der Waals surface area contributed by atoms with Gasteiger partial charge in [0.15, 0.2) is 4.98 Å². The fourth-order valence-corrected chi connectivity index (χ4v) is 0.801. The quantitative estimate of drug-likeness (QED) is 0.444. The molecule has 1 aromatic carbocycles. The van der Waals surface area contributed by atoms with Crippen molar-refractivity contribution in [2.45, 2.75) is 0 Å². The van der Waals surface area contributed by atoms with Gasteiger partial charge in [-0.1, -0.05) is 12.1 Å². The molecule has 12 heavy (non-hydrogen) atoms. The standard InChI is InChI=1S/C8H6N4/c9-11-5-7-1-2-8(4-3-7)6-12-10/h1-6H. The first-order valence-corrected chi connectivity index (χ1v) is 3.32. The molecule has 1 aromatic rings. The summed E-state index contributed by atoms with van der Waals surface area (Å²) in [6.45, 7) is 0. The van der Waals surface area contributed by atoms with Crippen molar-refractivity contribution in [2.24, 2.45) is 5.11 Å². The van der Waals surface area contributed by atoms with Gasteiger partial charge in [-0.25, -0.2) is 0 Å². The van der Waals surface area contributed by atoms with Gasteiger partial charge in [0.1, 0.15) is 0 Å². The highest BCUT2D eigenvalue weighted by molar-refractivity contribution is 5.31. The molecule has 0 spiro atoms. The van der Waals surface area contributed by atoms with Crippen molar-refractivity contribution in [3.8, 4) is 0 Å². The highest BCUT2D eigenvalue weighted by Gasteiger charge is 1.83. The molecule has 4 nitrogen and oxygen atoms in total. The minimum atomic E-state index is 0.785. The molecule has 4 heteroatoms.